The molecule has 1 aromatic carbocycles. The molecule has 20 heavy (non-hydrogen) atoms. The molecule has 1 aromatic rings. The van der Waals surface area contributed by atoms with Crippen molar-refractivity contribution in [2.24, 2.45) is 0 Å². The van der Waals surface area contributed by atoms with Crippen molar-refractivity contribution in [3.05, 3.63) is 28.8 Å². The molecule has 1 atom stereocenters. The van der Waals surface area contributed by atoms with E-state index < -0.39 is 11.9 Å². The highest BCUT2D eigenvalue weighted by atomic mass is 35.5. The van der Waals surface area contributed by atoms with Gasteiger partial charge >= 0.3 is 0 Å². The minimum absolute atomic E-state index is 0.239. The second-order valence-electron chi connectivity index (χ2n) is 4.22. The van der Waals surface area contributed by atoms with Gasteiger partial charge in [-0.1, -0.05) is 11.6 Å². The molecule has 1 rings (SSSR count). The van der Waals surface area contributed by atoms with E-state index in [2.05, 4.69) is 10.6 Å². The monoisotopic (exact) mass is 299 g/mol. The molecule has 110 valence electrons. The van der Waals surface area contributed by atoms with E-state index in [1.165, 1.54) is 12.1 Å². The third kappa shape index (κ3) is 4.71. The molecule has 0 aliphatic rings. The summed E-state index contributed by atoms with van der Waals surface area (Å²) in [6, 6.07) is 3.92. The Bertz CT molecular complexity index is 494. The Hall–Kier alpha value is -1.79. The van der Waals surface area contributed by atoms with Crippen molar-refractivity contribution in [1.82, 2.24) is 10.6 Å². The molecule has 1 unspecified atom stereocenters. The maximum atomic E-state index is 12.0. The highest BCUT2D eigenvalue weighted by Gasteiger charge is 2.18. The summed E-state index contributed by atoms with van der Waals surface area (Å²) < 4.78 is 4.82. The lowest BCUT2D eigenvalue weighted by atomic mass is 10.1. The van der Waals surface area contributed by atoms with Crippen LogP contribution >= 0.6 is 11.6 Å². The van der Waals surface area contributed by atoms with Gasteiger partial charge in [0.2, 0.25) is 5.91 Å². The Balaban J connectivity index is 2.61. The molecule has 0 fully saturated rings. The van der Waals surface area contributed by atoms with Crippen molar-refractivity contribution in [2.75, 3.05) is 26.0 Å². The van der Waals surface area contributed by atoms with Crippen LogP contribution in [0, 0.1) is 0 Å². The van der Waals surface area contributed by atoms with Crippen LogP contribution in [0.3, 0.4) is 0 Å². The predicted molar refractivity (Wildman–Crippen MR) is 77.7 cm³/mol. The number of carbonyl (C=O) groups is 2. The zero-order chi connectivity index (χ0) is 15.1. The van der Waals surface area contributed by atoms with Crippen LogP contribution in [0.1, 0.15) is 17.3 Å². The Labute approximate surface area is 122 Å². The normalized spacial score (nSPS) is 11.8. The third-order valence-corrected chi connectivity index (χ3v) is 2.91. The van der Waals surface area contributed by atoms with Gasteiger partial charge in [-0.25, -0.2) is 0 Å². The van der Waals surface area contributed by atoms with Gasteiger partial charge in [0.1, 0.15) is 6.04 Å². The zero-order valence-electron chi connectivity index (χ0n) is 11.4. The fraction of sp³-hybridized carbons (Fsp3) is 0.385. The minimum Gasteiger partial charge on any atom is -0.399 e. The van der Waals surface area contributed by atoms with E-state index in [4.69, 9.17) is 22.1 Å². The summed E-state index contributed by atoms with van der Waals surface area (Å²) in [7, 11) is 1.54. The SMILES string of the molecule is COCCNC(=O)C(C)NC(=O)c1cc(N)ccc1Cl. The van der Waals surface area contributed by atoms with Crippen LogP contribution in [0.4, 0.5) is 5.69 Å². The predicted octanol–water partition coefficient (Wildman–Crippen LogP) is 0.803. The molecular weight excluding hydrogens is 282 g/mol. The zero-order valence-corrected chi connectivity index (χ0v) is 12.2. The van der Waals surface area contributed by atoms with Gasteiger partial charge in [0.05, 0.1) is 17.2 Å². The summed E-state index contributed by atoms with van der Waals surface area (Å²) in [6.45, 7) is 2.38. The lowest BCUT2D eigenvalue weighted by Gasteiger charge is -2.14. The fourth-order valence-corrected chi connectivity index (χ4v) is 1.69. The van der Waals surface area contributed by atoms with E-state index in [-0.39, 0.29) is 16.5 Å². The number of hydrogen-bond donors (Lipinski definition) is 3. The number of benzene rings is 1. The average Bonchev–Trinajstić information content (AvgIpc) is 2.41. The lowest BCUT2D eigenvalue weighted by Crippen LogP contribution is -2.45. The number of nitrogens with one attached hydrogen (secondary N) is 2. The van der Waals surface area contributed by atoms with E-state index in [1.807, 2.05) is 0 Å². The summed E-state index contributed by atoms with van der Waals surface area (Å²) in [5.41, 5.74) is 6.27. The van der Waals surface area contributed by atoms with Crippen LogP contribution < -0.4 is 16.4 Å². The molecule has 0 aliphatic carbocycles. The third-order valence-electron chi connectivity index (χ3n) is 2.58. The molecule has 2 amide bonds. The molecule has 4 N–H and O–H groups in total. The van der Waals surface area contributed by atoms with Gasteiger partial charge in [-0.05, 0) is 25.1 Å². The number of nitrogen functional groups attached to an aromatic ring is 1. The van der Waals surface area contributed by atoms with Crippen molar-refractivity contribution >= 4 is 29.1 Å². The van der Waals surface area contributed by atoms with E-state index in [0.29, 0.717) is 18.8 Å². The highest BCUT2D eigenvalue weighted by molar-refractivity contribution is 6.34. The number of halogens is 1. The number of amides is 2. The number of hydrogen-bond acceptors (Lipinski definition) is 4. The van der Waals surface area contributed by atoms with E-state index in [0.717, 1.165) is 0 Å². The number of rotatable bonds is 6. The first kappa shape index (κ1) is 16.3. The highest BCUT2D eigenvalue weighted by Crippen LogP contribution is 2.18. The van der Waals surface area contributed by atoms with Gasteiger partial charge in [-0.3, -0.25) is 9.59 Å². The van der Waals surface area contributed by atoms with Gasteiger partial charge < -0.3 is 21.1 Å². The van der Waals surface area contributed by atoms with Crippen LogP contribution in [0.5, 0.6) is 0 Å². The Kier molecular flexibility index (Phi) is 6.27. The number of nitrogens with two attached hydrogens (primary N) is 1. The molecule has 0 aromatic heterocycles. The molecule has 0 heterocycles. The second-order valence-corrected chi connectivity index (χ2v) is 4.63. The second kappa shape index (κ2) is 7.72. The topological polar surface area (TPSA) is 93.5 Å². The average molecular weight is 300 g/mol. The van der Waals surface area contributed by atoms with Crippen LogP contribution in [0.2, 0.25) is 5.02 Å². The summed E-state index contributed by atoms with van der Waals surface area (Å²) >= 11 is 5.92. The quantitative estimate of drug-likeness (QED) is 0.535. The van der Waals surface area contributed by atoms with Gasteiger partial charge in [-0.2, -0.15) is 0 Å². The lowest BCUT2D eigenvalue weighted by molar-refractivity contribution is -0.122. The molecule has 0 bridgehead atoms. The molecule has 6 nitrogen and oxygen atoms in total. The molecule has 0 saturated heterocycles. The molecule has 7 heteroatoms. The van der Waals surface area contributed by atoms with Crippen LogP contribution in [-0.2, 0) is 9.53 Å². The summed E-state index contributed by atoms with van der Waals surface area (Å²) in [6.07, 6.45) is 0. The van der Waals surface area contributed by atoms with Crippen molar-refractivity contribution in [3.63, 3.8) is 0 Å². The van der Waals surface area contributed by atoms with Crippen LogP contribution in [-0.4, -0.2) is 38.1 Å². The standard InChI is InChI=1S/C13H18ClN3O3/c1-8(12(18)16-5-6-20-2)17-13(19)10-7-9(15)3-4-11(10)14/h3-4,7-8H,5-6,15H2,1-2H3,(H,16,18)(H,17,19). The molecular formula is C13H18ClN3O3. The summed E-state index contributed by atoms with van der Waals surface area (Å²) in [5.74, 6) is -0.743. The van der Waals surface area contributed by atoms with E-state index >= 15 is 0 Å². The van der Waals surface area contributed by atoms with Gasteiger partial charge in [0, 0.05) is 19.3 Å². The van der Waals surface area contributed by atoms with Gasteiger partial charge in [0.15, 0.2) is 0 Å². The minimum atomic E-state index is -0.683. The van der Waals surface area contributed by atoms with E-state index in [9.17, 15) is 9.59 Å². The fourth-order valence-electron chi connectivity index (χ4n) is 1.49. The Morgan fingerprint density at radius 3 is 2.80 bits per heavy atom. The molecule has 0 aliphatic heterocycles. The first-order chi connectivity index (χ1) is 9.45. The van der Waals surface area contributed by atoms with Gasteiger partial charge in [0.25, 0.3) is 5.91 Å². The van der Waals surface area contributed by atoms with Crippen molar-refractivity contribution < 1.29 is 14.3 Å². The first-order valence-electron chi connectivity index (χ1n) is 6.08. The van der Waals surface area contributed by atoms with Crippen molar-refractivity contribution in [3.8, 4) is 0 Å². The van der Waals surface area contributed by atoms with E-state index in [1.54, 1.807) is 20.1 Å². The Morgan fingerprint density at radius 1 is 1.45 bits per heavy atom. The maximum absolute atomic E-state index is 12.0. The maximum Gasteiger partial charge on any atom is 0.253 e. The smallest absolute Gasteiger partial charge is 0.253 e. The van der Waals surface area contributed by atoms with Gasteiger partial charge in [-0.15, -0.1) is 0 Å². The number of ether oxygens (including phenoxy) is 1. The van der Waals surface area contributed by atoms with Crippen LogP contribution in [0.15, 0.2) is 18.2 Å². The molecule has 0 radical (unpaired) electrons. The summed E-state index contributed by atoms with van der Waals surface area (Å²) in [5, 5.41) is 5.47. The van der Waals surface area contributed by atoms with Crippen molar-refractivity contribution in [1.29, 1.82) is 0 Å². The Morgan fingerprint density at radius 2 is 2.15 bits per heavy atom. The number of methoxy groups -OCH3 is 1. The number of anilines is 1. The largest absolute Gasteiger partial charge is 0.399 e. The summed E-state index contributed by atoms with van der Waals surface area (Å²) in [4.78, 5) is 23.7. The molecule has 0 spiro atoms. The number of carbonyl (C=O) groups excluding carboxylic acids is 2. The molecule has 0 saturated carbocycles. The first-order valence-corrected chi connectivity index (χ1v) is 6.46. The van der Waals surface area contributed by atoms with Crippen molar-refractivity contribution in [2.45, 2.75) is 13.0 Å². The van der Waals surface area contributed by atoms with Crippen LogP contribution in [0.25, 0.3) is 0 Å².